The topological polar surface area (TPSA) is 49.4 Å². The number of hydrogen-bond donors (Lipinski definition) is 1. The molecule has 0 aromatic carbocycles. The molecule has 0 radical (unpaired) electrons. The van der Waals surface area contributed by atoms with Gasteiger partial charge in [-0.15, -0.1) is 0 Å². The van der Waals surface area contributed by atoms with Crippen LogP contribution in [0.1, 0.15) is 47.0 Å². The second-order valence-electron chi connectivity index (χ2n) is 6.65. The normalized spacial score (nSPS) is 29.1. The molecular weight excluding hydrogens is 284 g/mol. The Bertz CT molecular complexity index is 401. The van der Waals surface area contributed by atoms with Gasteiger partial charge < -0.3 is 10.2 Å². The van der Waals surface area contributed by atoms with E-state index in [1.807, 2.05) is 44.4 Å². The molecule has 0 aromatic heterocycles. The van der Waals surface area contributed by atoms with E-state index in [1.54, 1.807) is 0 Å². The molecule has 2 aliphatic heterocycles. The second-order valence-corrected chi connectivity index (χ2v) is 7.80. The summed E-state index contributed by atoms with van der Waals surface area (Å²) in [7, 11) is 0. The lowest BCUT2D eigenvalue weighted by molar-refractivity contribution is -0.158. The van der Waals surface area contributed by atoms with Crippen molar-refractivity contribution in [3.05, 3.63) is 0 Å². The van der Waals surface area contributed by atoms with Crippen molar-refractivity contribution in [2.24, 2.45) is 11.8 Å². The van der Waals surface area contributed by atoms with Gasteiger partial charge in [0.05, 0.1) is 0 Å². The third-order valence-electron chi connectivity index (χ3n) is 4.95. The van der Waals surface area contributed by atoms with Crippen molar-refractivity contribution < 1.29 is 9.59 Å². The van der Waals surface area contributed by atoms with Crippen LogP contribution in [0, 0.1) is 11.8 Å². The van der Waals surface area contributed by atoms with Gasteiger partial charge in [-0.05, 0) is 42.6 Å². The lowest BCUT2D eigenvalue weighted by Crippen LogP contribution is -2.71. The summed E-state index contributed by atoms with van der Waals surface area (Å²) < 4.78 is 0. The summed E-state index contributed by atoms with van der Waals surface area (Å²) in [6.45, 7) is 8.77. The van der Waals surface area contributed by atoms with Crippen LogP contribution in [-0.4, -0.2) is 46.3 Å². The lowest BCUT2D eigenvalue weighted by Gasteiger charge is -2.47. The molecular formula is C16H28N2O2S. The lowest BCUT2D eigenvalue weighted by atomic mass is 9.84. The summed E-state index contributed by atoms with van der Waals surface area (Å²) in [5.74, 6) is 3.13. The zero-order valence-corrected chi connectivity index (χ0v) is 14.5. The third-order valence-corrected chi connectivity index (χ3v) is 6.19. The van der Waals surface area contributed by atoms with Crippen molar-refractivity contribution in [1.82, 2.24) is 10.2 Å². The molecule has 120 valence electrons. The van der Waals surface area contributed by atoms with Crippen LogP contribution in [0.25, 0.3) is 0 Å². The van der Waals surface area contributed by atoms with Crippen LogP contribution in [0.15, 0.2) is 0 Å². The predicted octanol–water partition coefficient (Wildman–Crippen LogP) is 2.28. The molecule has 2 saturated heterocycles. The summed E-state index contributed by atoms with van der Waals surface area (Å²) in [4.78, 5) is 27.5. The van der Waals surface area contributed by atoms with Crippen molar-refractivity contribution in [1.29, 1.82) is 0 Å². The molecule has 0 aliphatic carbocycles. The highest BCUT2D eigenvalue weighted by Gasteiger charge is 2.50. The highest BCUT2D eigenvalue weighted by Crippen LogP contribution is 2.31. The van der Waals surface area contributed by atoms with Gasteiger partial charge in [-0.25, -0.2) is 0 Å². The Balaban J connectivity index is 2.27. The largest absolute Gasteiger partial charge is 0.340 e. The molecule has 5 heteroatoms. The van der Waals surface area contributed by atoms with E-state index < -0.39 is 5.54 Å². The quantitative estimate of drug-likeness (QED) is 0.847. The minimum atomic E-state index is -0.686. The number of thioether (sulfide) groups is 1. The Hall–Kier alpha value is -0.710. The standard InChI is InChI=1S/C16H28N2O2S/c1-5-16(6-2)15(20)18(9-12-7-8-21-10-12)13(11(3)4)14(19)17-16/h11-13H,5-10H2,1-4H3,(H,17,19). The molecule has 2 unspecified atom stereocenters. The van der Waals surface area contributed by atoms with E-state index in [0.717, 1.165) is 18.7 Å². The van der Waals surface area contributed by atoms with Crippen molar-refractivity contribution in [2.75, 3.05) is 18.1 Å². The number of nitrogens with zero attached hydrogens (tertiary/aromatic N) is 1. The van der Waals surface area contributed by atoms with Crippen molar-refractivity contribution in [3.63, 3.8) is 0 Å². The molecule has 21 heavy (non-hydrogen) atoms. The Labute approximate surface area is 132 Å². The van der Waals surface area contributed by atoms with E-state index >= 15 is 0 Å². The Morgan fingerprint density at radius 1 is 1.33 bits per heavy atom. The minimum Gasteiger partial charge on any atom is -0.340 e. The van der Waals surface area contributed by atoms with E-state index in [2.05, 4.69) is 5.32 Å². The third kappa shape index (κ3) is 3.08. The maximum Gasteiger partial charge on any atom is 0.249 e. The highest BCUT2D eigenvalue weighted by molar-refractivity contribution is 7.99. The van der Waals surface area contributed by atoms with E-state index in [0.29, 0.717) is 18.8 Å². The molecule has 0 saturated carbocycles. The maximum absolute atomic E-state index is 13.1. The summed E-state index contributed by atoms with van der Waals surface area (Å²) in [6, 6.07) is -0.311. The summed E-state index contributed by atoms with van der Waals surface area (Å²) in [5.41, 5.74) is -0.686. The van der Waals surface area contributed by atoms with Gasteiger partial charge in [-0.2, -0.15) is 11.8 Å². The van der Waals surface area contributed by atoms with Crippen LogP contribution in [0.4, 0.5) is 0 Å². The van der Waals surface area contributed by atoms with Crippen LogP contribution in [0.2, 0.25) is 0 Å². The molecule has 2 amide bonds. The van der Waals surface area contributed by atoms with Crippen molar-refractivity contribution in [3.8, 4) is 0 Å². The first-order chi connectivity index (χ1) is 9.95. The SMILES string of the molecule is CCC1(CC)NC(=O)C(C(C)C)N(CC2CCSC2)C1=O. The number of nitrogens with one attached hydrogen (secondary N) is 1. The number of carbonyl (C=O) groups excluding carboxylic acids is 2. The first-order valence-electron chi connectivity index (χ1n) is 8.16. The van der Waals surface area contributed by atoms with E-state index in [-0.39, 0.29) is 23.8 Å². The number of rotatable bonds is 5. The van der Waals surface area contributed by atoms with E-state index in [4.69, 9.17) is 0 Å². The van der Waals surface area contributed by atoms with Crippen LogP contribution in [-0.2, 0) is 9.59 Å². The molecule has 2 heterocycles. The molecule has 0 spiro atoms. The van der Waals surface area contributed by atoms with Crippen LogP contribution in [0.3, 0.4) is 0 Å². The fraction of sp³-hybridized carbons (Fsp3) is 0.875. The maximum atomic E-state index is 13.1. The number of amides is 2. The number of piperazine rings is 1. The molecule has 4 nitrogen and oxygen atoms in total. The van der Waals surface area contributed by atoms with Gasteiger partial charge in [-0.3, -0.25) is 9.59 Å². The highest BCUT2D eigenvalue weighted by atomic mass is 32.2. The minimum absolute atomic E-state index is 0.0268. The predicted molar refractivity (Wildman–Crippen MR) is 87.2 cm³/mol. The van der Waals surface area contributed by atoms with Gasteiger partial charge in [-0.1, -0.05) is 27.7 Å². The van der Waals surface area contributed by atoms with Gasteiger partial charge >= 0.3 is 0 Å². The van der Waals surface area contributed by atoms with Crippen molar-refractivity contribution >= 4 is 23.6 Å². The zero-order valence-electron chi connectivity index (χ0n) is 13.6. The molecule has 2 aliphatic rings. The molecule has 2 fully saturated rings. The van der Waals surface area contributed by atoms with Crippen molar-refractivity contribution in [2.45, 2.75) is 58.5 Å². The average molecular weight is 312 g/mol. The molecule has 0 bridgehead atoms. The van der Waals surface area contributed by atoms with E-state index in [9.17, 15) is 9.59 Å². The fourth-order valence-corrected chi connectivity index (χ4v) is 4.77. The van der Waals surface area contributed by atoms with E-state index in [1.165, 1.54) is 5.75 Å². The Morgan fingerprint density at radius 2 is 2.00 bits per heavy atom. The fourth-order valence-electron chi connectivity index (χ4n) is 3.50. The summed E-state index contributed by atoms with van der Waals surface area (Å²) in [6.07, 6.45) is 2.48. The van der Waals surface area contributed by atoms with Gasteiger partial charge in [0.1, 0.15) is 11.6 Å². The van der Waals surface area contributed by atoms with Gasteiger partial charge in [0, 0.05) is 6.54 Å². The van der Waals surface area contributed by atoms with Gasteiger partial charge in [0.2, 0.25) is 11.8 Å². The molecule has 0 aromatic rings. The summed E-state index contributed by atoms with van der Waals surface area (Å²) >= 11 is 1.96. The van der Waals surface area contributed by atoms with Crippen LogP contribution in [0.5, 0.6) is 0 Å². The zero-order chi connectivity index (χ0) is 15.6. The molecule has 2 rings (SSSR count). The van der Waals surface area contributed by atoms with Gasteiger partial charge in [0.15, 0.2) is 0 Å². The first kappa shape index (κ1) is 16.7. The second kappa shape index (κ2) is 6.59. The molecule has 2 atom stereocenters. The van der Waals surface area contributed by atoms with Gasteiger partial charge in [0.25, 0.3) is 0 Å². The monoisotopic (exact) mass is 312 g/mol. The van der Waals surface area contributed by atoms with Crippen LogP contribution < -0.4 is 5.32 Å². The number of hydrogen-bond acceptors (Lipinski definition) is 3. The number of carbonyl (C=O) groups is 2. The first-order valence-corrected chi connectivity index (χ1v) is 9.31. The summed E-state index contributed by atoms with van der Waals surface area (Å²) in [5, 5.41) is 3.03. The molecule has 1 N–H and O–H groups in total. The average Bonchev–Trinajstić information content (AvgIpc) is 2.95. The Kier molecular flexibility index (Phi) is 5.23. The smallest absolute Gasteiger partial charge is 0.249 e. The Morgan fingerprint density at radius 3 is 2.48 bits per heavy atom. The van der Waals surface area contributed by atoms with Crippen LogP contribution >= 0.6 is 11.8 Å².